The number of hydrogen-bond donors (Lipinski definition) is 4. The van der Waals surface area contributed by atoms with E-state index >= 15 is 4.39 Å². The van der Waals surface area contributed by atoms with Crippen molar-refractivity contribution in [3.05, 3.63) is 154 Å². The number of benzene rings is 4. The zero-order valence-electron chi connectivity index (χ0n) is 32.9. The SMILES string of the molecule is CC(C)(O)CCOc1ccc(-c2cn(-c3cccc(C(O)C(C)(C)COc4ccc(-c5cn(-c6ccccc6)c6nc[nH]c(=O)c56)cc4)c3)c3nc[nH]c(=O)c23)c(F)c1. The number of ether oxygens (including phenoxy) is 2. The average Bonchev–Trinajstić information content (AvgIpc) is 3.81. The molecule has 0 aliphatic rings. The third kappa shape index (κ3) is 7.90. The van der Waals surface area contributed by atoms with E-state index in [-0.39, 0.29) is 29.7 Å². The first-order chi connectivity index (χ1) is 28.3. The van der Waals surface area contributed by atoms with Crippen LogP contribution in [0.4, 0.5) is 4.39 Å². The standard InChI is InChI=1S/C46H43FN6O6/c1-45(2,25-59-32-15-13-28(14-16-32)35-23-52(30-10-6-5-7-11-30)41-38(35)43(55)50-26-48-41)40(54)29-9-8-12-31(21-29)53-24-36(39-42(53)49-27-51-44(39)56)34-18-17-33(22-37(34)47)58-20-19-46(3,4)57/h5-18,21-24,26-27,40,54,57H,19-20,25H2,1-4H3,(H,48,50,55)(H,49,51,56). The fourth-order valence-corrected chi connectivity index (χ4v) is 7.14. The second-order valence-electron chi connectivity index (χ2n) is 15.9. The number of aliphatic hydroxyl groups is 2. The number of rotatable bonds is 13. The highest BCUT2D eigenvalue weighted by Crippen LogP contribution is 2.38. The van der Waals surface area contributed by atoms with E-state index in [1.165, 1.54) is 18.7 Å². The van der Waals surface area contributed by atoms with E-state index in [1.54, 1.807) is 42.8 Å². The highest BCUT2D eigenvalue weighted by molar-refractivity contribution is 5.95. The Bertz CT molecular complexity index is 2910. The molecule has 0 bridgehead atoms. The van der Waals surface area contributed by atoms with Crippen molar-refractivity contribution in [3.8, 4) is 45.1 Å². The molecule has 0 spiro atoms. The molecule has 13 heteroatoms. The zero-order valence-corrected chi connectivity index (χ0v) is 32.9. The van der Waals surface area contributed by atoms with Gasteiger partial charge in [-0.25, -0.2) is 14.4 Å². The Hall–Kier alpha value is -6.83. The van der Waals surface area contributed by atoms with Crippen molar-refractivity contribution in [3.63, 3.8) is 0 Å². The Labute approximate surface area is 338 Å². The van der Waals surface area contributed by atoms with E-state index in [0.717, 1.165) is 16.8 Å². The van der Waals surface area contributed by atoms with Gasteiger partial charge in [0.05, 0.1) is 48.3 Å². The Morgan fingerprint density at radius 3 is 1.98 bits per heavy atom. The van der Waals surface area contributed by atoms with Crippen LogP contribution in [0, 0.1) is 11.2 Å². The van der Waals surface area contributed by atoms with E-state index in [1.807, 2.05) is 97.4 Å². The molecule has 0 aliphatic carbocycles. The summed E-state index contributed by atoms with van der Waals surface area (Å²) in [5, 5.41) is 22.4. The van der Waals surface area contributed by atoms with Gasteiger partial charge in [-0.05, 0) is 73.5 Å². The number of H-pyrrole nitrogens is 2. The highest BCUT2D eigenvalue weighted by Gasteiger charge is 2.31. The number of nitrogens with one attached hydrogen (secondary N) is 2. The van der Waals surface area contributed by atoms with Crippen LogP contribution in [-0.4, -0.2) is 58.1 Å². The molecule has 0 saturated heterocycles. The van der Waals surface area contributed by atoms with Gasteiger partial charge < -0.3 is 38.8 Å². The molecule has 8 rings (SSSR count). The molecule has 4 heterocycles. The molecule has 4 N–H and O–H groups in total. The maximum Gasteiger partial charge on any atom is 0.260 e. The minimum Gasteiger partial charge on any atom is -0.493 e. The maximum absolute atomic E-state index is 15.7. The van der Waals surface area contributed by atoms with Crippen molar-refractivity contribution in [1.29, 1.82) is 0 Å². The predicted molar refractivity (Wildman–Crippen MR) is 225 cm³/mol. The van der Waals surface area contributed by atoms with Gasteiger partial charge in [0.1, 0.15) is 17.3 Å². The lowest BCUT2D eigenvalue weighted by molar-refractivity contribution is 0.0141. The Balaban J connectivity index is 1.01. The summed E-state index contributed by atoms with van der Waals surface area (Å²) in [5.74, 6) is 0.303. The summed E-state index contributed by atoms with van der Waals surface area (Å²) in [6.07, 6.45) is 5.67. The van der Waals surface area contributed by atoms with E-state index in [0.29, 0.717) is 51.4 Å². The van der Waals surface area contributed by atoms with Crippen molar-refractivity contribution in [2.45, 2.75) is 45.8 Å². The number of nitrogens with zero attached hydrogens (tertiary/aromatic N) is 4. The quantitative estimate of drug-likeness (QED) is 0.0917. The molecule has 1 unspecified atom stereocenters. The topological polar surface area (TPSA) is 160 Å². The lowest BCUT2D eigenvalue weighted by Gasteiger charge is -2.31. The van der Waals surface area contributed by atoms with Crippen LogP contribution in [-0.2, 0) is 0 Å². The highest BCUT2D eigenvalue weighted by atomic mass is 19.1. The molecule has 0 fully saturated rings. The number of aliphatic hydroxyl groups excluding tert-OH is 1. The van der Waals surface area contributed by atoms with Gasteiger partial charge in [-0.3, -0.25) is 9.59 Å². The summed E-state index contributed by atoms with van der Waals surface area (Å²) in [7, 11) is 0. The van der Waals surface area contributed by atoms with Crippen LogP contribution in [0.15, 0.2) is 132 Å². The Morgan fingerprint density at radius 2 is 1.32 bits per heavy atom. The first-order valence-corrected chi connectivity index (χ1v) is 19.2. The maximum atomic E-state index is 15.7. The van der Waals surface area contributed by atoms with Gasteiger partial charge in [0.2, 0.25) is 0 Å². The Morgan fingerprint density at radius 1 is 0.712 bits per heavy atom. The molecule has 1 atom stereocenters. The molecule has 0 amide bonds. The molecule has 0 radical (unpaired) electrons. The molecule has 0 saturated carbocycles. The Kier molecular flexibility index (Phi) is 10.2. The van der Waals surface area contributed by atoms with E-state index < -0.39 is 28.5 Å². The first kappa shape index (κ1) is 39.0. The van der Waals surface area contributed by atoms with Gasteiger partial charge in [0.25, 0.3) is 11.1 Å². The van der Waals surface area contributed by atoms with Gasteiger partial charge >= 0.3 is 0 Å². The number of para-hydroxylation sites is 1. The molecule has 12 nitrogen and oxygen atoms in total. The van der Waals surface area contributed by atoms with E-state index in [2.05, 4.69) is 19.9 Å². The number of halogens is 1. The summed E-state index contributed by atoms with van der Waals surface area (Å²) in [6, 6.07) is 28.8. The van der Waals surface area contributed by atoms with Crippen LogP contribution in [0.1, 0.15) is 45.8 Å². The number of hydrogen-bond acceptors (Lipinski definition) is 8. The lowest BCUT2D eigenvalue weighted by atomic mass is 9.83. The summed E-state index contributed by atoms with van der Waals surface area (Å²) in [4.78, 5) is 40.4. The van der Waals surface area contributed by atoms with Crippen LogP contribution in [0.2, 0.25) is 0 Å². The van der Waals surface area contributed by atoms with Gasteiger partial charge in [0.15, 0.2) is 11.3 Å². The minimum absolute atomic E-state index is 0.166. The molecule has 8 aromatic rings. The van der Waals surface area contributed by atoms with Crippen molar-refractivity contribution in [2.24, 2.45) is 5.41 Å². The van der Waals surface area contributed by atoms with E-state index in [4.69, 9.17) is 9.47 Å². The molecular weight excluding hydrogens is 752 g/mol. The van der Waals surface area contributed by atoms with Crippen molar-refractivity contribution in [1.82, 2.24) is 29.1 Å². The van der Waals surface area contributed by atoms with Gasteiger partial charge in [-0.1, -0.05) is 56.3 Å². The lowest BCUT2D eigenvalue weighted by Crippen LogP contribution is -2.29. The van der Waals surface area contributed by atoms with Crippen molar-refractivity contribution < 1.29 is 24.1 Å². The normalized spacial score (nSPS) is 12.6. The van der Waals surface area contributed by atoms with Crippen molar-refractivity contribution in [2.75, 3.05) is 13.2 Å². The van der Waals surface area contributed by atoms with Gasteiger partial charge in [-0.15, -0.1) is 0 Å². The van der Waals surface area contributed by atoms with Crippen LogP contribution in [0.25, 0.3) is 55.7 Å². The fraction of sp³-hybridized carbons (Fsp3) is 0.217. The second kappa shape index (κ2) is 15.5. The summed E-state index contributed by atoms with van der Waals surface area (Å²) < 4.78 is 31.2. The molecule has 59 heavy (non-hydrogen) atoms. The van der Waals surface area contributed by atoms with Gasteiger partial charge in [-0.2, -0.15) is 0 Å². The third-order valence-electron chi connectivity index (χ3n) is 10.4. The largest absolute Gasteiger partial charge is 0.493 e. The summed E-state index contributed by atoms with van der Waals surface area (Å²) >= 11 is 0. The van der Waals surface area contributed by atoms with Gasteiger partial charge in [0, 0.05) is 58.4 Å². The minimum atomic E-state index is -0.968. The third-order valence-corrected chi connectivity index (χ3v) is 10.4. The second-order valence-corrected chi connectivity index (χ2v) is 15.9. The van der Waals surface area contributed by atoms with E-state index in [9.17, 15) is 19.8 Å². The van der Waals surface area contributed by atoms with Crippen LogP contribution < -0.4 is 20.6 Å². The smallest absolute Gasteiger partial charge is 0.260 e. The number of aromatic nitrogens is 6. The average molecular weight is 795 g/mol. The molecule has 4 aromatic heterocycles. The molecule has 0 aliphatic heterocycles. The fourth-order valence-electron chi connectivity index (χ4n) is 7.14. The molecular formula is C46H43FN6O6. The summed E-state index contributed by atoms with van der Waals surface area (Å²) in [6.45, 7) is 7.53. The number of fused-ring (bicyclic) bond motifs is 2. The van der Waals surface area contributed by atoms with Crippen LogP contribution in [0.3, 0.4) is 0 Å². The van der Waals surface area contributed by atoms with Crippen molar-refractivity contribution >= 4 is 22.1 Å². The molecule has 4 aromatic carbocycles. The zero-order chi connectivity index (χ0) is 41.5. The first-order valence-electron chi connectivity index (χ1n) is 19.2. The number of aromatic amines is 2. The molecule has 300 valence electrons. The predicted octanol–water partition coefficient (Wildman–Crippen LogP) is 7.89. The van der Waals surface area contributed by atoms with Crippen LogP contribution in [0.5, 0.6) is 11.5 Å². The monoisotopic (exact) mass is 794 g/mol. The van der Waals surface area contributed by atoms with Crippen LogP contribution >= 0.6 is 0 Å². The summed E-state index contributed by atoms with van der Waals surface area (Å²) in [5.41, 5.74) is 2.69.